The van der Waals surface area contributed by atoms with E-state index in [2.05, 4.69) is 9.47 Å². The molecule has 2 N–H and O–H groups in total. The third-order valence-corrected chi connectivity index (χ3v) is 2.80. The Morgan fingerprint density at radius 2 is 1.38 bits per heavy atom. The lowest BCUT2D eigenvalue weighted by atomic mass is 10.0. The maximum absolute atomic E-state index is 12.3. The number of hydrogen-bond donors (Lipinski definition) is 1. The first-order valence-electron chi connectivity index (χ1n) is 6.49. The van der Waals surface area contributed by atoms with Gasteiger partial charge in [-0.2, -0.15) is 13.2 Å². The van der Waals surface area contributed by atoms with Gasteiger partial charge in [0, 0.05) is 5.69 Å². The molecule has 0 aliphatic rings. The first kappa shape index (κ1) is 17.8. The van der Waals surface area contributed by atoms with E-state index in [4.69, 9.17) is 5.73 Å². The summed E-state index contributed by atoms with van der Waals surface area (Å²) >= 11 is 0. The minimum atomic E-state index is -5.06. The number of anilines is 1. The molecule has 9 heteroatoms. The Labute approximate surface area is 132 Å². The lowest BCUT2D eigenvalue weighted by Crippen LogP contribution is -2.21. The molecular formula is C15H11F6NO2. The summed E-state index contributed by atoms with van der Waals surface area (Å²) in [5, 5.41) is 0. The van der Waals surface area contributed by atoms with E-state index < -0.39 is 30.6 Å². The summed E-state index contributed by atoms with van der Waals surface area (Å²) in [6.07, 6.45) is -9.76. The number of ether oxygens (including phenoxy) is 2. The third-order valence-electron chi connectivity index (χ3n) is 2.80. The summed E-state index contributed by atoms with van der Waals surface area (Å²) in [7, 11) is 0. The van der Waals surface area contributed by atoms with Crippen molar-refractivity contribution in [1.29, 1.82) is 0 Å². The molecule has 130 valence electrons. The number of benzene rings is 2. The van der Waals surface area contributed by atoms with Gasteiger partial charge >= 0.3 is 12.5 Å². The number of rotatable bonds is 4. The number of alkyl halides is 6. The van der Waals surface area contributed by atoms with E-state index in [1.807, 2.05) is 0 Å². The minimum absolute atomic E-state index is 0.349. The summed E-state index contributed by atoms with van der Waals surface area (Å²) in [6, 6.07) is 9.44. The molecular weight excluding hydrogens is 340 g/mol. The van der Waals surface area contributed by atoms with Crippen LogP contribution in [0.5, 0.6) is 11.5 Å². The smallest absolute Gasteiger partial charge is 0.480 e. The van der Waals surface area contributed by atoms with Crippen LogP contribution in [-0.2, 0) is 0 Å². The van der Waals surface area contributed by atoms with E-state index in [-0.39, 0.29) is 0 Å². The molecule has 0 heterocycles. The first-order valence-corrected chi connectivity index (χ1v) is 6.49. The average Bonchev–Trinajstić information content (AvgIpc) is 2.45. The molecule has 0 unspecified atom stereocenters. The molecule has 2 aromatic carbocycles. The van der Waals surface area contributed by atoms with Crippen LogP contribution in [0.25, 0.3) is 11.1 Å². The molecule has 0 radical (unpaired) electrons. The maximum Gasteiger partial charge on any atom is 0.573 e. The van der Waals surface area contributed by atoms with Gasteiger partial charge in [0.05, 0.1) is 0 Å². The normalized spacial score (nSPS) is 12.1. The molecule has 0 amide bonds. The predicted molar refractivity (Wildman–Crippen MR) is 74.5 cm³/mol. The summed E-state index contributed by atoms with van der Waals surface area (Å²) in [6.45, 7) is -1.74. The van der Waals surface area contributed by atoms with Gasteiger partial charge in [-0.05, 0) is 35.4 Å². The second-order valence-electron chi connectivity index (χ2n) is 4.74. The lowest BCUT2D eigenvalue weighted by Gasteiger charge is -2.16. The molecule has 0 atom stereocenters. The highest BCUT2D eigenvalue weighted by Gasteiger charge is 2.34. The number of halogens is 6. The minimum Gasteiger partial charge on any atom is -0.480 e. The Morgan fingerprint density at radius 3 is 1.92 bits per heavy atom. The number of hydrogen-bond acceptors (Lipinski definition) is 3. The van der Waals surface area contributed by atoms with E-state index in [1.54, 1.807) is 24.3 Å². The van der Waals surface area contributed by atoms with Crippen LogP contribution in [0.15, 0.2) is 42.5 Å². The Hall–Kier alpha value is -2.58. The van der Waals surface area contributed by atoms with E-state index in [9.17, 15) is 26.3 Å². The summed E-state index contributed by atoms with van der Waals surface area (Å²) in [5.41, 5.74) is 6.88. The van der Waals surface area contributed by atoms with Crippen molar-refractivity contribution in [2.75, 3.05) is 12.3 Å². The Morgan fingerprint density at radius 1 is 0.792 bits per heavy atom. The number of nitrogen functional groups attached to an aromatic ring is 1. The van der Waals surface area contributed by atoms with Crippen molar-refractivity contribution < 1.29 is 35.8 Å². The first-order chi connectivity index (χ1) is 11.0. The van der Waals surface area contributed by atoms with E-state index in [0.29, 0.717) is 16.8 Å². The molecule has 24 heavy (non-hydrogen) atoms. The van der Waals surface area contributed by atoms with Gasteiger partial charge in [-0.1, -0.05) is 18.2 Å². The summed E-state index contributed by atoms with van der Waals surface area (Å²) in [5.74, 6) is -1.52. The van der Waals surface area contributed by atoms with Gasteiger partial charge in [0.2, 0.25) is 0 Å². The topological polar surface area (TPSA) is 44.5 Å². The molecule has 0 bridgehead atoms. The van der Waals surface area contributed by atoms with Gasteiger partial charge in [-0.15, -0.1) is 13.2 Å². The zero-order valence-electron chi connectivity index (χ0n) is 11.9. The predicted octanol–water partition coefficient (Wildman–Crippen LogP) is 4.78. The quantitative estimate of drug-likeness (QED) is 0.637. The zero-order valence-corrected chi connectivity index (χ0v) is 11.9. The Balaban J connectivity index is 2.36. The molecule has 0 aliphatic heterocycles. The third kappa shape index (κ3) is 5.25. The van der Waals surface area contributed by atoms with E-state index in [1.165, 1.54) is 6.07 Å². The molecule has 2 rings (SSSR count). The van der Waals surface area contributed by atoms with Crippen LogP contribution in [0.2, 0.25) is 0 Å². The maximum atomic E-state index is 12.3. The standard InChI is InChI=1S/C15H11F6NO2/c16-14(17,18)8-23-13-7-10(9-1-4-11(22)5-2-9)3-6-12(13)24-15(19,20)21/h1-7H,8,22H2. The molecule has 3 nitrogen and oxygen atoms in total. The van der Waals surface area contributed by atoms with Crippen LogP contribution in [0.3, 0.4) is 0 Å². The molecule has 0 aliphatic carbocycles. The average molecular weight is 351 g/mol. The zero-order chi connectivity index (χ0) is 18.0. The van der Waals surface area contributed by atoms with Crippen molar-refractivity contribution in [2.45, 2.75) is 12.5 Å². The van der Waals surface area contributed by atoms with E-state index in [0.717, 1.165) is 12.1 Å². The molecule has 0 saturated carbocycles. The highest BCUT2D eigenvalue weighted by atomic mass is 19.4. The highest BCUT2D eigenvalue weighted by molar-refractivity contribution is 5.68. The fourth-order valence-corrected chi connectivity index (χ4v) is 1.84. The van der Waals surface area contributed by atoms with Crippen LogP contribution in [0, 0.1) is 0 Å². The van der Waals surface area contributed by atoms with E-state index >= 15 is 0 Å². The van der Waals surface area contributed by atoms with Crippen LogP contribution in [0.4, 0.5) is 32.0 Å². The van der Waals surface area contributed by atoms with Crippen LogP contribution in [-0.4, -0.2) is 19.1 Å². The molecule has 0 aromatic heterocycles. The van der Waals surface area contributed by atoms with Crippen molar-refractivity contribution >= 4 is 5.69 Å². The van der Waals surface area contributed by atoms with Crippen molar-refractivity contribution in [3.63, 3.8) is 0 Å². The second kappa shape index (κ2) is 6.50. The molecule has 2 aromatic rings. The van der Waals surface area contributed by atoms with Gasteiger partial charge in [0.1, 0.15) is 0 Å². The monoisotopic (exact) mass is 351 g/mol. The fourth-order valence-electron chi connectivity index (χ4n) is 1.84. The van der Waals surface area contributed by atoms with Gasteiger partial charge in [0.25, 0.3) is 0 Å². The summed E-state index contributed by atoms with van der Waals surface area (Å²) < 4.78 is 82.0. The Kier molecular flexibility index (Phi) is 4.81. The largest absolute Gasteiger partial charge is 0.573 e. The van der Waals surface area contributed by atoms with Crippen LogP contribution < -0.4 is 15.2 Å². The van der Waals surface area contributed by atoms with Crippen molar-refractivity contribution in [2.24, 2.45) is 0 Å². The summed E-state index contributed by atoms with van der Waals surface area (Å²) in [4.78, 5) is 0. The molecule has 0 saturated heterocycles. The van der Waals surface area contributed by atoms with Crippen LogP contribution >= 0.6 is 0 Å². The van der Waals surface area contributed by atoms with Gasteiger partial charge in [-0.3, -0.25) is 0 Å². The highest BCUT2D eigenvalue weighted by Crippen LogP contribution is 2.36. The molecule has 0 spiro atoms. The SMILES string of the molecule is Nc1ccc(-c2ccc(OC(F)(F)F)c(OCC(F)(F)F)c2)cc1. The Bertz CT molecular complexity index is 695. The van der Waals surface area contributed by atoms with Crippen molar-refractivity contribution in [1.82, 2.24) is 0 Å². The second-order valence-corrected chi connectivity index (χ2v) is 4.74. The lowest BCUT2D eigenvalue weighted by molar-refractivity contribution is -0.275. The van der Waals surface area contributed by atoms with Gasteiger partial charge in [-0.25, -0.2) is 0 Å². The van der Waals surface area contributed by atoms with Crippen LogP contribution in [0.1, 0.15) is 0 Å². The number of nitrogens with two attached hydrogens (primary N) is 1. The van der Waals surface area contributed by atoms with Gasteiger partial charge < -0.3 is 15.2 Å². The fraction of sp³-hybridized carbons (Fsp3) is 0.200. The molecule has 0 fully saturated rings. The van der Waals surface area contributed by atoms with Crippen molar-refractivity contribution in [3.8, 4) is 22.6 Å². The van der Waals surface area contributed by atoms with Crippen molar-refractivity contribution in [3.05, 3.63) is 42.5 Å². The van der Waals surface area contributed by atoms with Gasteiger partial charge in [0.15, 0.2) is 18.1 Å².